The summed E-state index contributed by atoms with van der Waals surface area (Å²) in [6.45, 7) is 8.99. The van der Waals surface area contributed by atoms with Gasteiger partial charge in [0, 0.05) is 18.0 Å². The van der Waals surface area contributed by atoms with Gasteiger partial charge in [0.15, 0.2) is 16.5 Å². The highest BCUT2D eigenvalue weighted by molar-refractivity contribution is 7.91. The van der Waals surface area contributed by atoms with Crippen molar-refractivity contribution in [3.05, 3.63) is 59.1 Å². The van der Waals surface area contributed by atoms with Crippen LogP contribution in [0.4, 0.5) is 0 Å². The average Bonchev–Trinajstić information content (AvgIpc) is 3.16. The van der Waals surface area contributed by atoms with E-state index in [2.05, 4.69) is 25.6 Å². The van der Waals surface area contributed by atoms with Crippen molar-refractivity contribution in [2.45, 2.75) is 39.0 Å². The van der Waals surface area contributed by atoms with Gasteiger partial charge in [-0.1, -0.05) is 36.4 Å². The zero-order valence-corrected chi connectivity index (χ0v) is 17.3. The van der Waals surface area contributed by atoms with Gasteiger partial charge in [-0.3, -0.25) is 4.57 Å². The van der Waals surface area contributed by atoms with E-state index in [-0.39, 0.29) is 17.4 Å². The van der Waals surface area contributed by atoms with E-state index in [9.17, 15) is 8.42 Å². The molecule has 0 radical (unpaired) electrons. The van der Waals surface area contributed by atoms with Crippen LogP contribution < -0.4 is 4.90 Å². The maximum absolute atomic E-state index is 11.9. The molecule has 0 amide bonds. The first kappa shape index (κ1) is 20.0. The van der Waals surface area contributed by atoms with Crippen LogP contribution in [0.25, 0.3) is 0 Å². The monoisotopic (exact) mass is 407 g/mol. The Kier molecular flexibility index (Phi) is 6.29. The molecule has 1 N–H and O–H groups in total. The second-order valence-corrected chi connectivity index (χ2v) is 9.66. The summed E-state index contributed by atoms with van der Waals surface area (Å²) in [5.74, 6) is 1.07. The molecule has 6 nitrogen and oxygen atoms in total. The SMILES string of the molecule is C=CCn1c([C@H]2CCS(=O)(=O)C2)nn(C[NH+](CC)Cc2ccccc2)c1=S. The number of nitrogens with one attached hydrogen (secondary N) is 1. The molecule has 2 aromatic rings. The summed E-state index contributed by atoms with van der Waals surface area (Å²) in [5.41, 5.74) is 1.27. The molecule has 1 aliphatic heterocycles. The van der Waals surface area contributed by atoms with Crippen LogP contribution in [-0.4, -0.2) is 40.8 Å². The predicted octanol–water partition coefficient (Wildman–Crippen LogP) is 1.56. The minimum atomic E-state index is -2.97. The summed E-state index contributed by atoms with van der Waals surface area (Å²) < 4.78 is 28.2. The number of nitrogens with zero attached hydrogens (tertiary/aromatic N) is 3. The van der Waals surface area contributed by atoms with E-state index < -0.39 is 9.84 Å². The van der Waals surface area contributed by atoms with Gasteiger partial charge in [0.2, 0.25) is 4.77 Å². The summed E-state index contributed by atoms with van der Waals surface area (Å²) >= 11 is 5.65. The number of hydrogen-bond acceptors (Lipinski definition) is 4. The third-order valence-electron chi connectivity index (χ3n) is 5.03. The molecule has 1 unspecified atom stereocenters. The fourth-order valence-corrected chi connectivity index (χ4v) is 5.56. The fraction of sp³-hybridized carbons (Fsp3) is 0.474. The first-order valence-corrected chi connectivity index (χ1v) is 11.5. The number of rotatable bonds is 8. The Bertz CT molecular complexity index is 948. The molecule has 0 spiro atoms. The van der Waals surface area contributed by atoms with E-state index in [0.29, 0.717) is 24.4 Å². The quantitative estimate of drug-likeness (QED) is 0.533. The van der Waals surface area contributed by atoms with Crippen molar-refractivity contribution < 1.29 is 13.3 Å². The van der Waals surface area contributed by atoms with Gasteiger partial charge in [0.1, 0.15) is 12.4 Å². The van der Waals surface area contributed by atoms with E-state index in [1.54, 1.807) is 6.08 Å². The molecule has 2 atom stereocenters. The Morgan fingerprint density at radius 3 is 2.70 bits per heavy atom. The standard InChI is InChI=1S/C19H26N4O2S2/c1-3-11-22-18(17-10-12-27(24,25)14-17)20-23(19(22)26)15-21(4-2)13-16-8-6-5-7-9-16/h3,5-9,17H,1,4,10-15H2,2H3/p+1/t17-/m0/s1. The first-order valence-electron chi connectivity index (χ1n) is 9.30. The molecule has 146 valence electrons. The van der Waals surface area contributed by atoms with Crippen molar-refractivity contribution in [1.29, 1.82) is 0 Å². The van der Waals surface area contributed by atoms with Crippen molar-refractivity contribution in [3.8, 4) is 0 Å². The van der Waals surface area contributed by atoms with Gasteiger partial charge in [0.25, 0.3) is 0 Å². The van der Waals surface area contributed by atoms with Gasteiger partial charge in [0.05, 0.1) is 18.1 Å². The van der Waals surface area contributed by atoms with Crippen LogP contribution in [0.3, 0.4) is 0 Å². The predicted molar refractivity (Wildman–Crippen MR) is 109 cm³/mol. The summed E-state index contributed by atoms with van der Waals surface area (Å²) in [4.78, 5) is 1.34. The summed E-state index contributed by atoms with van der Waals surface area (Å²) in [5, 5.41) is 4.75. The van der Waals surface area contributed by atoms with E-state index in [1.165, 1.54) is 10.5 Å². The second-order valence-electron chi connectivity index (χ2n) is 7.06. The van der Waals surface area contributed by atoms with Crippen LogP contribution in [0.5, 0.6) is 0 Å². The molecule has 1 aromatic heterocycles. The highest BCUT2D eigenvalue weighted by atomic mass is 32.2. The molecular formula is C19H27N4O2S2+. The lowest BCUT2D eigenvalue weighted by Gasteiger charge is -2.17. The molecule has 1 aliphatic rings. The average molecular weight is 408 g/mol. The molecular weight excluding hydrogens is 380 g/mol. The first-order chi connectivity index (χ1) is 12.9. The Labute approximate surface area is 166 Å². The molecule has 27 heavy (non-hydrogen) atoms. The van der Waals surface area contributed by atoms with Crippen LogP contribution in [-0.2, 0) is 29.6 Å². The maximum atomic E-state index is 11.9. The zero-order valence-electron chi connectivity index (χ0n) is 15.7. The molecule has 0 saturated carbocycles. The molecule has 0 aliphatic carbocycles. The third kappa shape index (κ3) is 4.75. The normalized spacial score (nSPS) is 19.8. The zero-order chi connectivity index (χ0) is 19.4. The van der Waals surface area contributed by atoms with Crippen LogP contribution in [0.15, 0.2) is 43.0 Å². The fourth-order valence-electron chi connectivity index (χ4n) is 3.55. The second kappa shape index (κ2) is 8.50. The Hall–Kier alpha value is -1.77. The Balaban J connectivity index is 1.85. The number of quaternary nitrogens is 1. The summed E-state index contributed by atoms with van der Waals surface area (Å²) in [7, 11) is -2.97. The molecule has 3 rings (SSSR count). The lowest BCUT2D eigenvalue weighted by molar-refractivity contribution is -0.935. The van der Waals surface area contributed by atoms with Gasteiger partial charge in [-0.15, -0.1) is 6.58 Å². The molecule has 2 heterocycles. The van der Waals surface area contributed by atoms with E-state index in [1.807, 2.05) is 27.4 Å². The van der Waals surface area contributed by atoms with Crippen molar-refractivity contribution in [2.75, 3.05) is 18.1 Å². The number of sulfone groups is 1. The van der Waals surface area contributed by atoms with Gasteiger partial charge in [-0.25, -0.2) is 8.42 Å². The minimum absolute atomic E-state index is 0.0860. The van der Waals surface area contributed by atoms with Crippen LogP contribution in [0.2, 0.25) is 0 Å². The molecule has 1 saturated heterocycles. The van der Waals surface area contributed by atoms with E-state index >= 15 is 0 Å². The number of aromatic nitrogens is 3. The maximum Gasteiger partial charge on any atom is 0.203 e. The number of benzene rings is 1. The van der Waals surface area contributed by atoms with Gasteiger partial charge in [-0.2, -0.15) is 9.78 Å². The molecule has 8 heteroatoms. The molecule has 1 fully saturated rings. The number of allylic oxidation sites excluding steroid dienone is 1. The largest absolute Gasteiger partial charge is 0.313 e. The van der Waals surface area contributed by atoms with Crippen molar-refractivity contribution >= 4 is 22.1 Å². The van der Waals surface area contributed by atoms with Crippen molar-refractivity contribution in [2.24, 2.45) is 0 Å². The van der Waals surface area contributed by atoms with Crippen LogP contribution >= 0.6 is 12.2 Å². The summed E-state index contributed by atoms with van der Waals surface area (Å²) in [6, 6.07) is 10.4. The smallest absolute Gasteiger partial charge is 0.203 e. The van der Waals surface area contributed by atoms with Crippen LogP contribution in [0, 0.1) is 4.77 Å². The topological polar surface area (TPSA) is 61.3 Å². The highest BCUT2D eigenvalue weighted by Crippen LogP contribution is 2.28. The Morgan fingerprint density at radius 2 is 2.11 bits per heavy atom. The van der Waals surface area contributed by atoms with E-state index in [4.69, 9.17) is 17.3 Å². The Morgan fingerprint density at radius 1 is 1.37 bits per heavy atom. The van der Waals surface area contributed by atoms with E-state index in [0.717, 1.165) is 18.9 Å². The van der Waals surface area contributed by atoms with Gasteiger partial charge < -0.3 is 4.90 Å². The number of hydrogen-bond donors (Lipinski definition) is 1. The lowest BCUT2D eigenvalue weighted by atomic mass is 10.1. The van der Waals surface area contributed by atoms with Gasteiger partial charge >= 0.3 is 0 Å². The van der Waals surface area contributed by atoms with Crippen LogP contribution in [0.1, 0.15) is 30.7 Å². The van der Waals surface area contributed by atoms with Gasteiger partial charge in [-0.05, 0) is 25.6 Å². The van der Waals surface area contributed by atoms with Crippen molar-refractivity contribution in [3.63, 3.8) is 0 Å². The third-order valence-corrected chi connectivity index (χ3v) is 7.23. The molecule has 1 aromatic carbocycles. The minimum Gasteiger partial charge on any atom is -0.313 e. The molecule has 0 bridgehead atoms. The lowest BCUT2D eigenvalue weighted by Crippen LogP contribution is -3.09. The summed E-state index contributed by atoms with van der Waals surface area (Å²) in [6.07, 6.45) is 2.39. The van der Waals surface area contributed by atoms with Crippen molar-refractivity contribution in [1.82, 2.24) is 14.3 Å². The highest BCUT2D eigenvalue weighted by Gasteiger charge is 2.33.